The van der Waals surface area contributed by atoms with Crippen molar-refractivity contribution >= 4 is 6.29 Å². The number of aliphatic hydroxyl groups excluding tert-OH is 1. The number of allylic oxidation sites excluding steroid dienone is 3. The summed E-state index contributed by atoms with van der Waals surface area (Å²) in [7, 11) is 0. The van der Waals surface area contributed by atoms with Crippen molar-refractivity contribution in [3.8, 4) is 0 Å². The zero-order valence-corrected chi connectivity index (χ0v) is 5.59. The highest BCUT2D eigenvalue weighted by molar-refractivity contribution is 5.78. The van der Waals surface area contributed by atoms with Gasteiger partial charge in [-0.2, -0.15) is 0 Å². The molecule has 0 fully saturated rings. The summed E-state index contributed by atoms with van der Waals surface area (Å²) in [6.45, 7) is 3.37. The number of hydrogen-bond donors (Lipinski definition) is 1. The summed E-state index contributed by atoms with van der Waals surface area (Å²) < 4.78 is 0. The Morgan fingerprint density at radius 2 is 1.89 bits per heavy atom. The van der Waals surface area contributed by atoms with Crippen molar-refractivity contribution in [2.75, 3.05) is 0 Å². The summed E-state index contributed by atoms with van der Waals surface area (Å²) in [5.41, 5.74) is 0.331. The molecule has 0 aromatic heterocycles. The van der Waals surface area contributed by atoms with Gasteiger partial charge in [-0.25, -0.2) is 0 Å². The van der Waals surface area contributed by atoms with Gasteiger partial charge in [-0.1, -0.05) is 6.08 Å². The van der Waals surface area contributed by atoms with Crippen molar-refractivity contribution in [1.82, 2.24) is 0 Å². The van der Waals surface area contributed by atoms with Crippen molar-refractivity contribution in [1.29, 1.82) is 0 Å². The highest BCUT2D eigenvalue weighted by Crippen LogP contribution is 2.00. The van der Waals surface area contributed by atoms with Gasteiger partial charge in [0, 0.05) is 0 Å². The van der Waals surface area contributed by atoms with E-state index in [-0.39, 0.29) is 5.76 Å². The third kappa shape index (κ3) is 2.13. The van der Waals surface area contributed by atoms with E-state index in [0.717, 1.165) is 0 Å². The van der Waals surface area contributed by atoms with Crippen LogP contribution in [-0.2, 0) is 4.79 Å². The zero-order chi connectivity index (χ0) is 7.28. The van der Waals surface area contributed by atoms with E-state index in [1.54, 1.807) is 19.9 Å². The Labute approximate surface area is 54.5 Å². The number of aliphatic hydroxyl groups is 1. The van der Waals surface area contributed by atoms with Gasteiger partial charge in [0.15, 0.2) is 6.29 Å². The number of hydrogen-bond acceptors (Lipinski definition) is 2. The monoisotopic (exact) mass is 126 g/mol. The predicted octanol–water partition coefficient (Wildman–Crippen LogP) is 1.59. The van der Waals surface area contributed by atoms with Crippen LogP contribution in [0, 0.1) is 0 Å². The summed E-state index contributed by atoms with van der Waals surface area (Å²) in [4.78, 5) is 10.1. The van der Waals surface area contributed by atoms with E-state index in [0.29, 0.717) is 11.9 Å². The number of carbonyl (C=O) groups is 1. The first-order chi connectivity index (χ1) is 4.26. The molecule has 0 saturated heterocycles. The molecule has 2 heteroatoms. The number of aldehydes is 1. The summed E-state index contributed by atoms with van der Waals surface area (Å²) >= 11 is 0. The molecular weight excluding hydrogens is 116 g/mol. The Balaban J connectivity index is 4.32. The highest BCUT2D eigenvalue weighted by atomic mass is 16.3. The zero-order valence-electron chi connectivity index (χ0n) is 5.59. The van der Waals surface area contributed by atoms with E-state index in [9.17, 15) is 4.79 Å². The Hall–Kier alpha value is -1.05. The second-order valence-corrected chi connectivity index (χ2v) is 1.54. The minimum atomic E-state index is 0.0347. The van der Waals surface area contributed by atoms with Gasteiger partial charge in [0.25, 0.3) is 0 Å². The smallest absolute Gasteiger partial charge is 0.153 e. The first kappa shape index (κ1) is 7.95. The van der Waals surface area contributed by atoms with Gasteiger partial charge in [0.1, 0.15) is 5.76 Å². The normalized spacial score (nSPS) is 13.6. The van der Waals surface area contributed by atoms with E-state index < -0.39 is 0 Å². The molecule has 0 rings (SSSR count). The fraction of sp³-hybridized carbons (Fsp3) is 0.286. The molecular formula is C7H10O2. The SMILES string of the molecule is CC=C(O)C(C=O)=CC. The maximum Gasteiger partial charge on any atom is 0.153 e. The first-order valence-corrected chi connectivity index (χ1v) is 2.73. The second-order valence-electron chi connectivity index (χ2n) is 1.54. The summed E-state index contributed by atoms with van der Waals surface area (Å²) in [6.07, 6.45) is 3.65. The number of rotatable bonds is 2. The van der Waals surface area contributed by atoms with E-state index >= 15 is 0 Å². The quantitative estimate of drug-likeness (QED) is 0.264. The van der Waals surface area contributed by atoms with E-state index in [2.05, 4.69) is 0 Å². The fourth-order valence-electron chi connectivity index (χ4n) is 0.443. The van der Waals surface area contributed by atoms with Crippen LogP contribution in [0.4, 0.5) is 0 Å². The Morgan fingerprint density at radius 3 is 2.00 bits per heavy atom. The molecule has 0 heterocycles. The molecule has 0 aliphatic heterocycles. The minimum absolute atomic E-state index is 0.0347. The van der Waals surface area contributed by atoms with Crippen molar-refractivity contribution < 1.29 is 9.90 Å². The van der Waals surface area contributed by atoms with Gasteiger partial charge < -0.3 is 5.11 Å². The molecule has 0 spiro atoms. The van der Waals surface area contributed by atoms with Crippen molar-refractivity contribution in [3.63, 3.8) is 0 Å². The molecule has 0 atom stereocenters. The van der Waals surface area contributed by atoms with Gasteiger partial charge in [-0.3, -0.25) is 4.79 Å². The lowest BCUT2D eigenvalue weighted by Gasteiger charge is -1.92. The van der Waals surface area contributed by atoms with Crippen molar-refractivity contribution in [2.24, 2.45) is 0 Å². The molecule has 0 aliphatic carbocycles. The van der Waals surface area contributed by atoms with E-state index in [1.165, 1.54) is 6.08 Å². The molecule has 0 unspecified atom stereocenters. The standard InChI is InChI=1S/C7H10O2/c1-3-6(5-8)7(9)4-2/h3-5,9H,1-2H3. The minimum Gasteiger partial charge on any atom is -0.508 e. The molecule has 1 N–H and O–H groups in total. The van der Waals surface area contributed by atoms with E-state index in [4.69, 9.17) is 5.11 Å². The molecule has 2 nitrogen and oxygen atoms in total. The van der Waals surface area contributed by atoms with Crippen LogP contribution in [0.15, 0.2) is 23.5 Å². The maximum atomic E-state index is 10.1. The third-order valence-electron chi connectivity index (χ3n) is 1.01. The Morgan fingerprint density at radius 1 is 1.33 bits per heavy atom. The van der Waals surface area contributed by atoms with Gasteiger partial charge in [0.2, 0.25) is 0 Å². The molecule has 0 aromatic rings. The van der Waals surface area contributed by atoms with Gasteiger partial charge in [-0.05, 0) is 19.9 Å². The van der Waals surface area contributed by atoms with Crippen LogP contribution in [0.25, 0.3) is 0 Å². The van der Waals surface area contributed by atoms with Crippen molar-refractivity contribution in [2.45, 2.75) is 13.8 Å². The Kier molecular flexibility index (Phi) is 3.44. The first-order valence-electron chi connectivity index (χ1n) is 2.73. The van der Waals surface area contributed by atoms with Crippen LogP contribution in [0.3, 0.4) is 0 Å². The molecule has 0 radical (unpaired) electrons. The average Bonchev–Trinajstić information content (AvgIpc) is 1.90. The predicted molar refractivity (Wildman–Crippen MR) is 36.2 cm³/mol. The van der Waals surface area contributed by atoms with Crippen LogP contribution in [0.2, 0.25) is 0 Å². The lowest BCUT2D eigenvalue weighted by atomic mass is 10.2. The van der Waals surface area contributed by atoms with Crippen LogP contribution >= 0.6 is 0 Å². The molecule has 0 bridgehead atoms. The second kappa shape index (κ2) is 3.89. The molecule has 0 aromatic carbocycles. The Bertz CT molecular complexity index is 154. The molecule has 9 heavy (non-hydrogen) atoms. The topological polar surface area (TPSA) is 37.3 Å². The van der Waals surface area contributed by atoms with Gasteiger partial charge in [0.05, 0.1) is 5.57 Å². The lowest BCUT2D eigenvalue weighted by Crippen LogP contribution is -1.87. The molecule has 0 saturated carbocycles. The third-order valence-corrected chi connectivity index (χ3v) is 1.01. The molecule has 0 aliphatic rings. The van der Waals surface area contributed by atoms with Gasteiger partial charge in [-0.15, -0.1) is 0 Å². The largest absolute Gasteiger partial charge is 0.508 e. The molecule has 0 amide bonds. The summed E-state index contributed by atoms with van der Waals surface area (Å²) in [6, 6.07) is 0. The average molecular weight is 126 g/mol. The lowest BCUT2D eigenvalue weighted by molar-refractivity contribution is -0.104. The van der Waals surface area contributed by atoms with Crippen molar-refractivity contribution in [3.05, 3.63) is 23.5 Å². The van der Waals surface area contributed by atoms with Crippen LogP contribution in [0.5, 0.6) is 0 Å². The maximum absolute atomic E-state index is 10.1. The highest BCUT2D eigenvalue weighted by Gasteiger charge is 1.95. The molecule has 50 valence electrons. The fourth-order valence-corrected chi connectivity index (χ4v) is 0.443. The summed E-state index contributed by atoms with van der Waals surface area (Å²) in [5.74, 6) is 0.0347. The number of carbonyl (C=O) groups excluding carboxylic acids is 1. The van der Waals surface area contributed by atoms with Gasteiger partial charge >= 0.3 is 0 Å². The summed E-state index contributed by atoms with van der Waals surface area (Å²) in [5, 5.41) is 8.88. The van der Waals surface area contributed by atoms with Crippen LogP contribution in [-0.4, -0.2) is 11.4 Å². The van der Waals surface area contributed by atoms with Crippen LogP contribution in [0.1, 0.15) is 13.8 Å². The van der Waals surface area contributed by atoms with Crippen LogP contribution < -0.4 is 0 Å². The van der Waals surface area contributed by atoms with E-state index in [1.807, 2.05) is 0 Å².